The average molecular weight is 279 g/mol. The van der Waals surface area contributed by atoms with Gasteiger partial charge in [-0.2, -0.15) is 0 Å². The maximum absolute atomic E-state index is 2.46. The Balaban J connectivity index is 3.57. The average Bonchev–Trinajstić information content (AvgIpc) is 2.42. The molecule has 0 amide bonds. The minimum Gasteiger partial charge on any atom is -0.0853 e. The van der Waals surface area contributed by atoms with E-state index >= 15 is 0 Å². The van der Waals surface area contributed by atoms with Crippen molar-refractivity contribution in [1.29, 1.82) is 0 Å². The van der Waals surface area contributed by atoms with Crippen LogP contribution in [0.15, 0.2) is 23.3 Å². The van der Waals surface area contributed by atoms with Gasteiger partial charge in [0.2, 0.25) is 0 Å². The lowest BCUT2D eigenvalue weighted by Gasteiger charge is -2.03. The normalized spacial score (nSPS) is 13.0. The number of unbranched alkanes of at least 4 members (excludes halogenated alkanes) is 9. The summed E-state index contributed by atoms with van der Waals surface area (Å²) in [6, 6.07) is 0. The molecule has 0 radical (unpaired) electrons. The van der Waals surface area contributed by atoms with Crippen molar-refractivity contribution < 1.29 is 0 Å². The van der Waals surface area contributed by atoms with Crippen molar-refractivity contribution in [2.45, 2.75) is 105 Å². The summed E-state index contributed by atoms with van der Waals surface area (Å²) >= 11 is 0. The lowest BCUT2D eigenvalue weighted by Crippen LogP contribution is -1.83. The highest BCUT2D eigenvalue weighted by molar-refractivity contribution is 5.11. The highest BCUT2D eigenvalue weighted by Gasteiger charge is 1.94. The number of rotatable bonds is 13. The number of hydrogen-bond acceptors (Lipinski definition) is 0. The first kappa shape index (κ1) is 19.5. The van der Waals surface area contributed by atoms with E-state index in [9.17, 15) is 0 Å². The SMILES string of the molecule is CCCCC=C(C)CC(C)=CCCCCCCCCC. The van der Waals surface area contributed by atoms with Crippen LogP contribution in [0.4, 0.5) is 0 Å². The van der Waals surface area contributed by atoms with Crippen LogP contribution in [0, 0.1) is 0 Å². The molecule has 0 heteroatoms. The van der Waals surface area contributed by atoms with Gasteiger partial charge in [0.1, 0.15) is 0 Å². The molecule has 20 heavy (non-hydrogen) atoms. The van der Waals surface area contributed by atoms with Crippen LogP contribution in [0.3, 0.4) is 0 Å². The van der Waals surface area contributed by atoms with Crippen LogP contribution >= 0.6 is 0 Å². The fourth-order valence-corrected chi connectivity index (χ4v) is 2.59. The Morgan fingerprint density at radius 3 is 1.60 bits per heavy atom. The van der Waals surface area contributed by atoms with Gasteiger partial charge in [-0.05, 0) is 39.5 Å². The first-order chi connectivity index (χ1) is 9.70. The molecule has 0 fully saturated rings. The summed E-state index contributed by atoms with van der Waals surface area (Å²) in [6.07, 6.45) is 21.1. The van der Waals surface area contributed by atoms with E-state index in [0.29, 0.717) is 0 Å². The van der Waals surface area contributed by atoms with Gasteiger partial charge in [-0.3, -0.25) is 0 Å². The zero-order valence-electron chi connectivity index (χ0n) is 14.6. The van der Waals surface area contributed by atoms with E-state index in [1.807, 2.05) is 0 Å². The molecule has 0 saturated carbocycles. The van der Waals surface area contributed by atoms with E-state index in [1.54, 1.807) is 11.1 Å². The lowest BCUT2D eigenvalue weighted by molar-refractivity contribution is 0.591. The summed E-state index contributed by atoms with van der Waals surface area (Å²) in [7, 11) is 0. The van der Waals surface area contributed by atoms with Crippen molar-refractivity contribution in [3.05, 3.63) is 23.3 Å². The quantitative estimate of drug-likeness (QED) is 0.240. The summed E-state index contributed by atoms with van der Waals surface area (Å²) in [6.45, 7) is 9.11. The summed E-state index contributed by atoms with van der Waals surface area (Å²) in [5.41, 5.74) is 3.10. The maximum atomic E-state index is 2.46. The van der Waals surface area contributed by atoms with Crippen LogP contribution in [-0.2, 0) is 0 Å². The maximum Gasteiger partial charge on any atom is -0.0114 e. The molecule has 0 rings (SSSR count). The predicted octanol–water partition coefficient (Wildman–Crippen LogP) is 7.60. The second kappa shape index (κ2) is 14.9. The first-order valence-electron chi connectivity index (χ1n) is 9.02. The molecule has 0 saturated heterocycles. The van der Waals surface area contributed by atoms with E-state index in [2.05, 4.69) is 39.8 Å². The van der Waals surface area contributed by atoms with Gasteiger partial charge in [-0.25, -0.2) is 0 Å². The molecule has 0 aliphatic rings. The zero-order valence-corrected chi connectivity index (χ0v) is 14.6. The Morgan fingerprint density at radius 1 is 0.600 bits per heavy atom. The van der Waals surface area contributed by atoms with E-state index in [4.69, 9.17) is 0 Å². The van der Waals surface area contributed by atoms with Crippen molar-refractivity contribution >= 4 is 0 Å². The van der Waals surface area contributed by atoms with Gasteiger partial charge in [0, 0.05) is 0 Å². The molecule has 0 bridgehead atoms. The number of hydrogen-bond donors (Lipinski definition) is 0. The molecule has 0 aromatic heterocycles. The Hall–Kier alpha value is -0.520. The Labute approximate surface area is 128 Å². The topological polar surface area (TPSA) is 0 Å². The molecule has 0 aliphatic carbocycles. The van der Waals surface area contributed by atoms with E-state index in [0.717, 1.165) is 0 Å². The third-order valence-electron chi connectivity index (χ3n) is 3.91. The van der Waals surface area contributed by atoms with Crippen LogP contribution in [0.5, 0.6) is 0 Å². The van der Waals surface area contributed by atoms with Crippen LogP contribution < -0.4 is 0 Å². The smallest absolute Gasteiger partial charge is 0.0114 e. The van der Waals surface area contributed by atoms with E-state index in [-0.39, 0.29) is 0 Å². The Morgan fingerprint density at radius 2 is 1.05 bits per heavy atom. The van der Waals surface area contributed by atoms with Crippen molar-refractivity contribution in [3.63, 3.8) is 0 Å². The van der Waals surface area contributed by atoms with Gasteiger partial charge < -0.3 is 0 Å². The van der Waals surface area contributed by atoms with E-state index in [1.165, 1.54) is 77.0 Å². The highest BCUT2D eigenvalue weighted by Crippen LogP contribution is 2.14. The second-order valence-corrected chi connectivity index (χ2v) is 6.33. The molecular formula is C20H38. The predicted molar refractivity (Wildman–Crippen MR) is 94.3 cm³/mol. The van der Waals surface area contributed by atoms with Crippen LogP contribution in [-0.4, -0.2) is 0 Å². The second-order valence-electron chi connectivity index (χ2n) is 6.33. The fourth-order valence-electron chi connectivity index (χ4n) is 2.59. The monoisotopic (exact) mass is 278 g/mol. The molecule has 0 aliphatic heterocycles. The summed E-state index contributed by atoms with van der Waals surface area (Å²) < 4.78 is 0. The van der Waals surface area contributed by atoms with Crippen LogP contribution in [0.2, 0.25) is 0 Å². The van der Waals surface area contributed by atoms with Gasteiger partial charge in [-0.1, -0.05) is 88.5 Å². The molecule has 0 heterocycles. The van der Waals surface area contributed by atoms with Crippen molar-refractivity contribution in [2.24, 2.45) is 0 Å². The van der Waals surface area contributed by atoms with Crippen molar-refractivity contribution in [2.75, 3.05) is 0 Å². The van der Waals surface area contributed by atoms with Gasteiger partial charge in [0.15, 0.2) is 0 Å². The zero-order chi connectivity index (χ0) is 15.1. The molecule has 0 aromatic rings. The molecule has 0 N–H and O–H groups in total. The van der Waals surface area contributed by atoms with Gasteiger partial charge in [-0.15, -0.1) is 0 Å². The summed E-state index contributed by atoms with van der Waals surface area (Å²) in [4.78, 5) is 0. The highest BCUT2D eigenvalue weighted by atomic mass is 14.0. The van der Waals surface area contributed by atoms with Gasteiger partial charge in [0.25, 0.3) is 0 Å². The molecular weight excluding hydrogens is 240 g/mol. The standard InChI is InChI=1S/C20H38/c1-5-7-9-10-11-12-13-15-17-20(4)18-19(3)16-14-8-6-2/h16-17H,5-15,18H2,1-4H3. The fraction of sp³-hybridized carbons (Fsp3) is 0.800. The molecule has 0 nitrogen and oxygen atoms in total. The molecule has 0 atom stereocenters. The third-order valence-corrected chi connectivity index (χ3v) is 3.91. The van der Waals surface area contributed by atoms with Crippen molar-refractivity contribution in [1.82, 2.24) is 0 Å². The molecule has 0 aromatic carbocycles. The van der Waals surface area contributed by atoms with Crippen LogP contribution in [0.25, 0.3) is 0 Å². The summed E-state index contributed by atoms with van der Waals surface area (Å²) in [5, 5.41) is 0. The largest absolute Gasteiger partial charge is 0.0853 e. The summed E-state index contributed by atoms with van der Waals surface area (Å²) in [5.74, 6) is 0. The minimum atomic E-state index is 1.18. The first-order valence-corrected chi connectivity index (χ1v) is 9.02. The minimum absolute atomic E-state index is 1.18. The van der Waals surface area contributed by atoms with Gasteiger partial charge in [0.05, 0.1) is 0 Å². The Bertz CT molecular complexity index is 257. The lowest BCUT2D eigenvalue weighted by atomic mass is 10.0. The van der Waals surface area contributed by atoms with E-state index < -0.39 is 0 Å². The third kappa shape index (κ3) is 13.9. The molecule has 0 unspecified atom stereocenters. The van der Waals surface area contributed by atoms with Gasteiger partial charge >= 0.3 is 0 Å². The number of allylic oxidation sites excluding steroid dienone is 4. The molecule has 0 spiro atoms. The van der Waals surface area contributed by atoms with Crippen LogP contribution in [0.1, 0.15) is 105 Å². The Kier molecular flexibility index (Phi) is 14.5. The van der Waals surface area contributed by atoms with Crippen molar-refractivity contribution in [3.8, 4) is 0 Å². The molecule has 118 valence electrons.